The standard InChI is InChI=1S/C37H26BN/c1-2-13-30(14-3-1)39-36-20-9-7-17-34(36)33-16-6-8-19-35(33)38(39)29-23-21-26(22-24-29)31-18-10-12-28-25-27-11-4-5-15-32(27)37(28)31/h1-24H,25H2. The summed E-state index contributed by atoms with van der Waals surface area (Å²) >= 11 is 0. The molecular weight excluding hydrogens is 469 g/mol. The number of benzene rings is 6. The third kappa shape index (κ3) is 3.49. The van der Waals surface area contributed by atoms with E-state index in [0.29, 0.717) is 0 Å². The number of hydrogen-bond acceptors (Lipinski definition) is 1. The van der Waals surface area contributed by atoms with Crippen LogP contribution in [0.2, 0.25) is 0 Å². The summed E-state index contributed by atoms with van der Waals surface area (Å²) in [7, 11) is 0. The van der Waals surface area contributed by atoms with Crippen LogP contribution in [0, 0.1) is 0 Å². The molecule has 0 aromatic heterocycles. The number of fused-ring (bicyclic) bond motifs is 6. The molecule has 0 atom stereocenters. The largest absolute Gasteiger partial charge is 0.376 e. The lowest BCUT2D eigenvalue weighted by Crippen LogP contribution is -2.57. The molecule has 1 aliphatic heterocycles. The maximum Gasteiger partial charge on any atom is 0.328 e. The van der Waals surface area contributed by atoms with E-state index in [0.717, 1.165) is 6.42 Å². The van der Waals surface area contributed by atoms with E-state index in [1.807, 2.05) is 0 Å². The number of nitrogens with zero attached hydrogens (tertiary/aromatic N) is 1. The Bertz CT molecular complexity index is 1840. The van der Waals surface area contributed by atoms with E-state index in [2.05, 4.69) is 150 Å². The number of hydrogen-bond donors (Lipinski definition) is 0. The second-order valence-electron chi connectivity index (χ2n) is 10.5. The van der Waals surface area contributed by atoms with Gasteiger partial charge in [-0.15, -0.1) is 0 Å². The first-order valence-corrected chi connectivity index (χ1v) is 13.7. The van der Waals surface area contributed by atoms with Crippen molar-refractivity contribution in [3.63, 3.8) is 0 Å². The lowest BCUT2D eigenvalue weighted by molar-refractivity contribution is 1.26. The molecule has 1 nitrogen and oxygen atoms in total. The van der Waals surface area contributed by atoms with Crippen LogP contribution >= 0.6 is 0 Å². The second-order valence-corrected chi connectivity index (χ2v) is 10.5. The molecule has 0 saturated carbocycles. The molecular formula is C37H26BN. The number of anilines is 2. The van der Waals surface area contributed by atoms with E-state index in [1.54, 1.807) is 0 Å². The molecule has 1 heterocycles. The lowest BCUT2D eigenvalue weighted by atomic mass is 9.45. The summed E-state index contributed by atoms with van der Waals surface area (Å²) in [5, 5.41) is 0. The highest BCUT2D eigenvalue weighted by Crippen LogP contribution is 2.43. The van der Waals surface area contributed by atoms with Gasteiger partial charge in [0.25, 0.3) is 0 Å². The molecule has 0 spiro atoms. The first-order chi connectivity index (χ1) is 19.4. The molecule has 2 aliphatic rings. The van der Waals surface area contributed by atoms with E-state index < -0.39 is 0 Å². The zero-order valence-corrected chi connectivity index (χ0v) is 21.6. The highest BCUT2D eigenvalue weighted by Gasteiger charge is 2.36. The van der Waals surface area contributed by atoms with Crippen LogP contribution in [0.5, 0.6) is 0 Å². The molecule has 1 aliphatic carbocycles. The summed E-state index contributed by atoms with van der Waals surface area (Å²) in [6.45, 7) is 0.0785. The third-order valence-corrected chi connectivity index (χ3v) is 8.36. The molecule has 8 rings (SSSR count). The average molecular weight is 495 g/mol. The van der Waals surface area contributed by atoms with Gasteiger partial charge in [0, 0.05) is 16.9 Å². The molecule has 182 valence electrons. The molecule has 2 heteroatoms. The Hall–Kier alpha value is -4.82. The Kier molecular flexibility index (Phi) is 5.06. The predicted octanol–water partition coefficient (Wildman–Crippen LogP) is 7.85. The predicted molar refractivity (Wildman–Crippen MR) is 166 cm³/mol. The zero-order chi connectivity index (χ0) is 25.8. The first kappa shape index (κ1) is 22.2. The molecule has 0 amide bonds. The van der Waals surface area contributed by atoms with Gasteiger partial charge >= 0.3 is 6.85 Å². The number of rotatable bonds is 3. The van der Waals surface area contributed by atoms with Crippen LogP contribution < -0.4 is 15.7 Å². The van der Waals surface area contributed by atoms with Crippen molar-refractivity contribution >= 4 is 29.1 Å². The Labute approximate surface area is 230 Å². The topological polar surface area (TPSA) is 3.24 Å². The first-order valence-electron chi connectivity index (χ1n) is 13.7. The van der Waals surface area contributed by atoms with Gasteiger partial charge in [0.15, 0.2) is 0 Å². The van der Waals surface area contributed by atoms with Gasteiger partial charge in [-0.1, -0.05) is 133 Å². The minimum atomic E-state index is 0.0785. The van der Waals surface area contributed by atoms with Crippen molar-refractivity contribution in [2.24, 2.45) is 0 Å². The maximum absolute atomic E-state index is 2.50. The van der Waals surface area contributed by atoms with Crippen LogP contribution in [-0.2, 0) is 6.42 Å². The summed E-state index contributed by atoms with van der Waals surface area (Å²) in [5.74, 6) is 0. The van der Waals surface area contributed by atoms with Gasteiger partial charge in [0.2, 0.25) is 0 Å². The fourth-order valence-corrected chi connectivity index (χ4v) is 6.65. The van der Waals surface area contributed by atoms with Gasteiger partial charge in [0.1, 0.15) is 0 Å². The van der Waals surface area contributed by atoms with Gasteiger partial charge in [-0.3, -0.25) is 0 Å². The molecule has 39 heavy (non-hydrogen) atoms. The van der Waals surface area contributed by atoms with E-state index in [4.69, 9.17) is 0 Å². The van der Waals surface area contributed by atoms with E-state index in [-0.39, 0.29) is 6.85 Å². The van der Waals surface area contributed by atoms with Crippen LogP contribution in [0.1, 0.15) is 11.1 Å². The van der Waals surface area contributed by atoms with Crippen molar-refractivity contribution in [2.45, 2.75) is 6.42 Å². The molecule has 0 saturated heterocycles. The summed E-state index contributed by atoms with van der Waals surface area (Å²) in [5.41, 5.74) is 15.9. The monoisotopic (exact) mass is 495 g/mol. The van der Waals surface area contributed by atoms with Gasteiger partial charge in [-0.2, -0.15) is 0 Å². The van der Waals surface area contributed by atoms with Gasteiger partial charge < -0.3 is 4.81 Å². The lowest BCUT2D eigenvalue weighted by Gasteiger charge is -2.39. The van der Waals surface area contributed by atoms with Crippen molar-refractivity contribution in [2.75, 3.05) is 4.81 Å². The molecule has 0 unspecified atom stereocenters. The molecule has 0 fully saturated rings. The SMILES string of the molecule is c1ccc(N2B(c3ccc(-c4cccc5c4-c4ccccc4C5)cc3)c3ccccc3-c3ccccc32)cc1. The fraction of sp³-hybridized carbons (Fsp3) is 0.0270. The Morgan fingerprint density at radius 2 is 1.10 bits per heavy atom. The molecule has 0 radical (unpaired) electrons. The zero-order valence-electron chi connectivity index (χ0n) is 21.6. The van der Waals surface area contributed by atoms with Crippen LogP contribution in [0.15, 0.2) is 146 Å². The number of para-hydroxylation sites is 2. The van der Waals surface area contributed by atoms with Gasteiger partial charge in [0.05, 0.1) is 0 Å². The smallest absolute Gasteiger partial charge is 0.328 e. The highest BCUT2D eigenvalue weighted by atomic mass is 15.1. The van der Waals surface area contributed by atoms with Gasteiger partial charge in [-0.25, -0.2) is 0 Å². The highest BCUT2D eigenvalue weighted by molar-refractivity contribution is 6.90. The van der Waals surface area contributed by atoms with Crippen LogP contribution in [0.25, 0.3) is 33.4 Å². The van der Waals surface area contributed by atoms with Crippen molar-refractivity contribution < 1.29 is 0 Å². The minimum Gasteiger partial charge on any atom is -0.376 e. The molecule has 0 N–H and O–H groups in total. The Morgan fingerprint density at radius 1 is 0.462 bits per heavy atom. The van der Waals surface area contributed by atoms with Crippen molar-refractivity contribution in [1.82, 2.24) is 0 Å². The Morgan fingerprint density at radius 3 is 1.95 bits per heavy atom. The second kappa shape index (κ2) is 8.89. The molecule has 6 aromatic rings. The quantitative estimate of drug-likeness (QED) is 0.226. The molecule has 6 aromatic carbocycles. The summed E-state index contributed by atoms with van der Waals surface area (Å²) in [6, 6.07) is 53.4. The fourth-order valence-electron chi connectivity index (χ4n) is 6.65. The van der Waals surface area contributed by atoms with Crippen LogP contribution in [0.3, 0.4) is 0 Å². The van der Waals surface area contributed by atoms with Crippen molar-refractivity contribution in [1.29, 1.82) is 0 Å². The average Bonchev–Trinajstić information content (AvgIpc) is 3.40. The van der Waals surface area contributed by atoms with Crippen molar-refractivity contribution in [3.8, 4) is 33.4 Å². The van der Waals surface area contributed by atoms with E-state index in [1.165, 1.54) is 66.8 Å². The minimum absolute atomic E-state index is 0.0785. The summed E-state index contributed by atoms with van der Waals surface area (Å²) < 4.78 is 0. The van der Waals surface area contributed by atoms with Gasteiger partial charge in [-0.05, 0) is 69.0 Å². The molecule has 0 bridgehead atoms. The van der Waals surface area contributed by atoms with E-state index in [9.17, 15) is 0 Å². The Balaban J connectivity index is 1.28. The summed E-state index contributed by atoms with van der Waals surface area (Å²) in [4.78, 5) is 2.50. The summed E-state index contributed by atoms with van der Waals surface area (Å²) in [6.07, 6.45) is 1.02. The maximum atomic E-state index is 2.50. The third-order valence-electron chi connectivity index (χ3n) is 8.36. The van der Waals surface area contributed by atoms with Crippen LogP contribution in [-0.4, -0.2) is 6.85 Å². The van der Waals surface area contributed by atoms with Crippen molar-refractivity contribution in [3.05, 3.63) is 157 Å². The normalized spacial score (nSPS) is 12.9. The van der Waals surface area contributed by atoms with Crippen LogP contribution in [0.4, 0.5) is 11.4 Å². The van der Waals surface area contributed by atoms with E-state index >= 15 is 0 Å².